The fourth-order valence-corrected chi connectivity index (χ4v) is 1.60. The van der Waals surface area contributed by atoms with Crippen LogP contribution in [0.2, 0.25) is 5.02 Å². The molecule has 0 aliphatic carbocycles. The number of ether oxygens (including phenoxy) is 1. The van der Waals surface area contributed by atoms with Crippen molar-refractivity contribution in [1.82, 2.24) is 0 Å². The van der Waals surface area contributed by atoms with Crippen LogP contribution in [0.25, 0.3) is 0 Å². The zero-order chi connectivity index (χ0) is 12.0. The number of benzene rings is 1. The Balaban J connectivity index is 2.63. The third kappa shape index (κ3) is 4.42. The molecule has 1 rings (SSSR count). The predicted molar refractivity (Wildman–Crippen MR) is 67.2 cm³/mol. The first-order valence-electron chi connectivity index (χ1n) is 5.65. The fourth-order valence-electron chi connectivity index (χ4n) is 1.41. The lowest BCUT2D eigenvalue weighted by Crippen LogP contribution is -2.04. The van der Waals surface area contributed by atoms with E-state index in [4.69, 9.17) is 21.4 Å². The SMILES string of the molecule is CC(C)CCOc1ccc(Cl)cc1CCO. The van der Waals surface area contributed by atoms with Gasteiger partial charge in [0.05, 0.1) is 6.61 Å². The minimum Gasteiger partial charge on any atom is -0.493 e. The highest BCUT2D eigenvalue weighted by Crippen LogP contribution is 2.23. The van der Waals surface area contributed by atoms with Crippen molar-refractivity contribution in [2.75, 3.05) is 13.2 Å². The van der Waals surface area contributed by atoms with Crippen LogP contribution in [0.1, 0.15) is 25.8 Å². The number of aliphatic hydroxyl groups excluding tert-OH is 1. The van der Waals surface area contributed by atoms with E-state index in [1.165, 1.54) is 0 Å². The van der Waals surface area contributed by atoms with Gasteiger partial charge in [-0.1, -0.05) is 25.4 Å². The lowest BCUT2D eigenvalue weighted by Gasteiger charge is -2.12. The van der Waals surface area contributed by atoms with Gasteiger partial charge in [-0.15, -0.1) is 0 Å². The molecule has 0 spiro atoms. The monoisotopic (exact) mass is 242 g/mol. The standard InChI is InChI=1S/C13H19ClO2/c1-10(2)6-8-16-13-4-3-12(14)9-11(13)5-7-15/h3-4,9-10,15H,5-8H2,1-2H3. The van der Waals surface area contributed by atoms with Gasteiger partial charge >= 0.3 is 0 Å². The van der Waals surface area contributed by atoms with Crippen LogP contribution < -0.4 is 4.74 Å². The Kier molecular flexibility index (Phi) is 5.64. The van der Waals surface area contributed by atoms with E-state index in [2.05, 4.69) is 13.8 Å². The molecule has 1 aromatic rings. The molecule has 16 heavy (non-hydrogen) atoms. The molecule has 0 unspecified atom stereocenters. The van der Waals surface area contributed by atoms with Crippen LogP contribution in [-0.2, 0) is 6.42 Å². The van der Waals surface area contributed by atoms with Gasteiger partial charge in [-0.25, -0.2) is 0 Å². The summed E-state index contributed by atoms with van der Waals surface area (Å²) < 4.78 is 5.69. The van der Waals surface area contributed by atoms with Crippen molar-refractivity contribution < 1.29 is 9.84 Å². The van der Waals surface area contributed by atoms with Crippen molar-refractivity contribution in [2.24, 2.45) is 5.92 Å². The van der Waals surface area contributed by atoms with Crippen molar-refractivity contribution in [3.63, 3.8) is 0 Å². The average Bonchev–Trinajstić information content (AvgIpc) is 2.21. The van der Waals surface area contributed by atoms with Gasteiger partial charge in [-0.05, 0) is 42.5 Å². The van der Waals surface area contributed by atoms with Gasteiger partial charge in [0.15, 0.2) is 0 Å². The molecule has 0 saturated heterocycles. The molecule has 0 aliphatic rings. The van der Waals surface area contributed by atoms with Crippen molar-refractivity contribution in [2.45, 2.75) is 26.7 Å². The Hall–Kier alpha value is -0.730. The molecule has 1 N–H and O–H groups in total. The summed E-state index contributed by atoms with van der Waals surface area (Å²) in [5, 5.41) is 9.63. The second-order valence-electron chi connectivity index (χ2n) is 4.26. The number of hydrogen-bond donors (Lipinski definition) is 1. The molecule has 0 amide bonds. The molecule has 0 aliphatic heterocycles. The highest BCUT2D eigenvalue weighted by Gasteiger charge is 2.04. The lowest BCUT2D eigenvalue weighted by atomic mass is 10.1. The van der Waals surface area contributed by atoms with Crippen LogP contribution in [0.3, 0.4) is 0 Å². The molecule has 0 fully saturated rings. The second kappa shape index (κ2) is 6.77. The largest absolute Gasteiger partial charge is 0.493 e. The molecule has 1 aromatic carbocycles. The molecule has 0 saturated carbocycles. The maximum atomic E-state index is 8.95. The van der Waals surface area contributed by atoms with Crippen molar-refractivity contribution >= 4 is 11.6 Å². The summed E-state index contributed by atoms with van der Waals surface area (Å²) in [5.41, 5.74) is 0.971. The van der Waals surface area contributed by atoms with Crippen LogP contribution >= 0.6 is 11.6 Å². The summed E-state index contributed by atoms with van der Waals surface area (Å²) in [7, 11) is 0. The fraction of sp³-hybridized carbons (Fsp3) is 0.538. The highest BCUT2D eigenvalue weighted by atomic mass is 35.5. The number of halogens is 1. The molecule has 0 bridgehead atoms. The second-order valence-corrected chi connectivity index (χ2v) is 4.69. The number of hydrogen-bond acceptors (Lipinski definition) is 2. The summed E-state index contributed by atoms with van der Waals surface area (Å²) >= 11 is 5.90. The smallest absolute Gasteiger partial charge is 0.122 e. The summed E-state index contributed by atoms with van der Waals surface area (Å²) in [6, 6.07) is 5.53. The molecule has 3 heteroatoms. The summed E-state index contributed by atoms with van der Waals surface area (Å²) in [5.74, 6) is 1.47. The van der Waals surface area contributed by atoms with E-state index < -0.39 is 0 Å². The summed E-state index contributed by atoms with van der Waals surface area (Å²) in [6.07, 6.45) is 1.61. The first-order chi connectivity index (χ1) is 7.63. The third-order valence-electron chi connectivity index (χ3n) is 2.36. The average molecular weight is 243 g/mol. The third-order valence-corrected chi connectivity index (χ3v) is 2.59. The first-order valence-corrected chi connectivity index (χ1v) is 6.03. The van der Waals surface area contributed by atoms with E-state index in [1.54, 1.807) is 0 Å². The Bertz CT molecular complexity index is 324. The molecule has 2 nitrogen and oxygen atoms in total. The van der Waals surface area contributed by atoms with E-state index in [1.807, 2.05) is 18.2 Å². The van der Waals surface area contributed by atoms with Crippen molar-refractivity contribution in [3.05, 3.63) is 28.8 Å². The minimum absolute atomic E-state index is 0.112. The molecule has 90 valence electrons. The van der Waals surface area contributed by atoms with Gasteiger partial charge in [0, 0.05) is 11.6 Å². The molecular weight excluding hydrogens is 224 g/mol. The molecule has 0 atom stereocenters. The van der Waals surface area contributed by atoms with Gasteiger partial charge < -0.3 is 9.84 Å². The minimum atomic E-state index is 0.112. The van der Waals surface area contributed by atoms with E-state index >= 15 is 0 Å². The van der Waals surface area contributed by atoms with Crippen molar-refractivity contribution in [3.8, 4) is 5.75 Å². The van der Waals surface area contributed by atoms with Crippen LogP contribution in [-0.4, -0.2) is 18.3 Å². The quantitative estimate of drug-likeness (QED) is 0.830. The van der Waals surface area contributed by atoms with E-state index in [-0.39, 0.29) is 6.61 Å². The Morgan fingerprint density at radius 2 is 2.12 bits per heavy atom. The van der Waals surface area contributed by atoms with E-state index in [9.17, 15) is 0 Å². The zero-order valence-corrected chi connectivity index (χ0v) is 10.6. The van der Waals surface area contributed by atoms with Crippen LogP contribution in [0.4, 0.5) is 0 Å². The summed E-state index contributed by atoms with van der Waals surface area (Å²) in [4.78, 5) is 0. The van der Waals surface area contributed by atoms with Gasteiger partial charge in [0.2, 0.25) is 0 Å². The maximum Gasteiger partial charge on any atom is 0.122 e. The van der Waals surface area contributed by atoms with E-state index in [0.717, 1.165) is 17.7 Å². The molecule has 0 radical (unpaired) electrons. The highest BCUT2D eigenvalue weighted by molar-refractivity contribution is 6.30. The van der Waals surface area contributed by atoms with Crippen LogP contribution in [0.5, 0.6) is 5.75 Å². The van der Waals surface area contributed by atoms with E-state index in [0.29, 0.717) is 24.0 Å². The predicted octanol–water partition coefficient (Wildman–Crippen LogP) is 3.30. The van der Waals surface area contributed by atoms with Crippen LogP contribution in [0, 0.1) is 5.92 Å². The maximum absolute atomic E-state index is 8.95. The molecule has 0 aromatic heterocycles. The zero-order valence-electron chi connectivity index (χ0n) is 9.87. The number of aliphatic hydroxyl groups is 1. The summed E-state index contributed by atoms with van der Waals surface area (Å²) in [6.45, 7) is 5.15. The van der Waals surface area contributed by atoms with Gasteiger partial charge in [-0.2, -0.15) is 0 Å². The topological polar surface area (TPSA) is 29.5 Å². The normalized spacial score (nSPS) is 10.8. The van der Waals surface area contributed by atoms with Gasteiger partial charge in [0.25, 0.3) is 0 Å². The van der Waals surface area contributed by atoms with Gasteiger partial charge in [0.1, 0.15) is 5.75 Å². The Morgan fingerprint density at radius 3 is 2.75 bits per heavy atom. The Labute approximate surface area is 102 Å². The number of rotatable bonds is 6. The molecular formula is C13H19ClO2. The van der Waals surface area contributed by atoms with Crippen molar-refractivity contribution in [1.29, 1.82) is 0 Å². The first kappa shape index (κ1) is 13.3. The Morgan fingerprint density at radius 1 is 1.38 bits per heavy atom. The molecule has 0 heterocycles. The van der Waals surface area contributed by atoms with Crippen LogP contribution in [0.15, 0.2) is 18.2 Å². The van der Waals surface area contributed by atoms with Gasteiger partial charge in [-0.3, -0.25) is 0 Å². The lowest BCUT2D eigenvalue weighted by molar-refractivity contribution is 0.276.